The average Bonchev–Trinajstić information content (AvgIpc) is 2.77. The predicted molar refractivity (Wildman–Crippen MR) is 68.5 cm³/mol. The molecule has 7 heteroatoms. The van der Waals surface area contributed by atoms with E-state index < -0.39 is 11.8 Å². The molecule has 0 saturated carbocycles. The summed E-state index contributed by atoms with van der Waals surface area (Å²) >= 11 is 0. The number of aromatic hydroxyl groups is 1. The fourth-order valence-electron chi connectivity index (χ4n) is 2.00. The second-order valence-corrected chi connectivity index (χ2v) is 4.26. The lowest BCUT2D eigenvalue weighted by Gasteiger charge is -2.12. The van der Waals surface area contributed by atoms with E-state index in [4.69, 9.17) is 9.84 Å². The summed E-state index contributed by atoms with van der Waals surface area (Å²) in [6.45, 7) is 1.58. The Labute approximate surface area is 114 Å². The highest BCUT2D eigenvalue weighted by atomic mass is 19.1. The van der Waals surface area contributed by atoms with Gasteiger partial charge in [-0.25, -0.2) is 9.18 Å². The molecule has 2 N–H and O–H groups in total. The lowest BCUT2D eigenvalue weighted by molar-refractivity contribution is 0.0689. The van der Waals surface area contributed by atoms with Crippen LogP contribution in [0.3, 0.4) is 0 Å². The number of hydrogen-bond acceptors (Lipinski definition) is 4. The molecule has 0 spiro atoms. The van der Waals surface area contributed by atoms with E-state index in [9.17, 15) is 14.3 Å². The molecule has 1 aromatic carbocycles. The minimum atomic E-state index is -1.18. The highest BCUT2D eigenvalue weighted by Crippen LogP contribution is 2.38. The summed E-state index contributed by atoms with van der Waals surface area (Å²) in [4.78, 5) is 10.9. The van der Waals surface area contributed by atoms with Crippen LogP contribution in [0.1, 0.15) is 16.1 Å². The van der Waals surface area contributed by atoms with Gasteiger partial charge < -0.3 is 14.9 Å². The molecule has 0 fully saturated rings. The molecular weight excluding hydrogens is 267 g/mol. The van der Waals surface area contributed by atoms with Crippen LogP contribution in [0.5, 0.6) is 11.5 Å². The highest BCUT2D eigenvalue weighted by molar-refractivity contribution is 5.87. The molecule has 6 nitrogen and oxygen atoms in total. The monoisotopic (exact) mass is 280 g/mol. The topological polar surface area (TPSA) is 84.6 Å². The highest BCUT2D eigenvalue weighted by Gasteiger charge is 2.20. The van der Waals surface area contributed by atoms with Crippen LogP contribution in [-0.4, -0.2) is 33.1 Å². The van der Waals surface area contributed by atoms with Crippen molar-refractivity contribution in [2.45, 2.75) is 6.92 Å². The number of hydrogen-bond donors (Lipinski definition) is 2. The molecule has 106 valence electrons. The molecule has 2 aromatic rings. The van der Waals surface area contributed by atoms with Gasteiger partial charge in [-0.05, 0) is 19.1 Å². The van der Waals surface area contributed by atoms with Crippen LogP contribution in [0, 0.1) is 12.7 Å². The number of benzene rings is 1. The Balaban J connectivity index is 2.67. The normalized spacial score (nSPS) is 10.6. The van der Waals surface area contributed by atoms with Gasteiger partial charge in [-0.3, -0.25) is 4.68 Å². The van der Waals surface area contributed by atoms with E-state index in [-0.39, 0.29) is 17.2 Å². The van der Waals surface area contributed by atoms with Crippen molar-refractivity contribution in [1.82, 2.24) is 9.78 Å². The Morgan fingerprint density at radius 1 is 1.45 bits per heavy atom. The van der Waals surface area contributed by atoms with E-state index in [1.54, 1.807) is 14.0 Å². The molecule has 0 aliphatic heterocycles. The fraction of sp³-hybridized carbons (Fsp3) is 0.231. The minimum Gasteiger partial charge on any atom is -0.504 e. The summed E-state index contributed by atoms with van der Waals surface area (Å²) in [6.07, 6.45) is 0. The summed E-state index contributed by atoms with van der Waals surface area (Å²) < 4.78 is 19.9. The first-order chi connectivity index (χ1) is 9.36. The third kappa shape index (κ3) is 2.07. The number of aryl methyl sites for hydroxylation is 1. The quantitative estimate of drug-likeness (QED) is 0.897. The van der Waals surface area contributed by atoms with Gasteiger partial charge in [0.25, 0.3) is 0 Å². The predicted octanol–water partition coefficient (Wildman–Crippen LogP) is 1.95. The van der Waals surface area contributed by atoms with Crippen LogP contribution in [-0.2, 0) is 7.05 Å². The largest absolute Gasteiger partial charge is 0.504 e. The number of aromatic carboxylic acids is 1. The first kappa shape index (κ1) is 13.9. The Bertz CT molecular complexity index is 694. The van der Waals surface area contributed by atoms with Crippen LogP contribution in [0.25, 0.3) is 11.3 Å². The molecule has 0 atom stereocenters. The summed E-state index contributed by atoms with van der Waals surface area (Å²) in [7, 11) is 2.80. The number of carbonyl (C=O) groups is 1. The van der Waals surface area contributed by atoms with Crippen LogP contribution in [0.4, 0.5) is 4.39 Å². The van der Waals surface area contributed by atoms with Crippen molar-refractivity contribution < 1.29 is 24.1 Å². The first-order valence-electron chi connectivity index (χ1n) is 5.70. The molecule has 0 saturated heterocycles. The number of aromatic nitrogens is 2. The van der Waals surface area contributed by atoms with Gasteiger partial charge >= 0.3 is 5.97 Å². The molecule has 0 radical (unpaired) electrons. The lowest BCUT2D eigenvalue weighted by Crippen LogP contribution is -2.00. The number of nitrogens with zero attached hydrogens (tertiary/aromatic N) is 2. The third-order valence-electron chi connectivity index (χ3n) is 3.04. The molecule has 0 bridgehead atoms. The standard InChI is InChI=1S/C13H13FN2O4/c1-6-7(4-8(14)12(20-3)11(6)17)10-5-9(13(18)19)15-16(10)2/h4-5,17H,1-3H3,(H,18,19). The van der Waals surface area contributed by atoms with Crippen molar-refractivity contribution in [2.24, 2.45) is 7.05 Å². The van der Waals surface area contributed by atoms with E-state index in [0.29, 0.717) is 16.8 Å². The number of carboxylic acids is 1. The smallest absolute Gasteiger partial charge is 0.356 e. The van der Waals surface area contributed by atoms with Crippen LogP contribution in [0.15, 0.2) is 12.1 Å². The van der Waals surface area contributed by atoms with E-state index in [2.05, 4.69) is 5.10 Å². The second kappa shape index (κ2) is 4.84. The summed E-state index contributed by atoms with van der Waals surface area (Å²) in [5.74, 6) is -2.47. The number of methoxy groups -OCH3 is 1. The zero-order chi connectivity index (χ0) is 15.0. The van der Waals surface area contributed by atoms with Crippen LogP contribution >= 0.6 is 0 Å². The van der Waals surface area contributed by atoms with E-state index in [0.717, 1.165) is 0 Å². The van der Waals surface area contributed by atoms with Gasteiger partial charge in [0.2, 0.25) is 0 Å². The molecule has 2 rings (SSSR count). The molecule has 0 aliphatic carbocycles. The van der Waals surface area contributed by atoms with Gasteiger partial charge in [0.15, 0.2) is 23.0 Å². The number of phenols is 1. The van der Waals surface area contributed by atoms with Crippen molar-refractivity contribution >= 4 is 5.97 Å². The van der Waals surface area contributed by atoms with E-state index >= 15 is 0 Å². The van der Waals surface area contributed by atoms with Gasteiger partial charge in [0.05, 0.1) is 12.8 Å². The molecule has 0 unspecified atom stereocenters. The van der Waals surface area contributed by atoms with Crippen LogP contribution < -0.4 is 4.74 Å². The molecule has 1 heterocycles. The Morgan fingerprint density at radius 3 is 2.60 bits per heavy atom. The van der Waals surface area contributed by atoms with Crippen molar-refractivity contribution in [1.29, 1.82) is 0 Å². The number of halogens is 1. The zero-order valence-electron chi connectivity index (χ0n) is 11.1. The lowest BCUT2D eigenvalue weighted by atomic mass is 10.0. The SMILES string of the molecule is COc1c(F)cc(-c2cc(C(=O)O)nn2C)c(C)c1O. The summed E-state index contributed by atoms with van der Waals surface area (Å²) in [5, 5.41) is 22.6. The Morgan fingerprint density at radius 2 is 2.10 bits per heavy atom. The molecule has 20 heavy (non-hydrogen) atoms. The van der Waals surface area contributed by atoms with Gasteiger partial charge in [-0.2, -0.15) is 5.10 Å². The number of rotatable bonds is 3. The minimum absolute atomic E-state index is 0.155. The van der Waals surface area contributed by atoms with Gasteiger partial charge in [-0.1, -0.05) is 0 Å². The molecular formula is C13H13FN2O4. The van der Waals surface area contributed by atoms with Crippen molar-refractivity contribution in [2.75, 3.05) is 7.11 Å². The zero-order valence-corrected chi connectivity index (χ0v) is 11.1. The van der Waals surface area contributed by atoms with Gasteiger partial charge in [0, 0.05) is 18.2 Å². The van der Waals surface area contributed by atoms with Crippen molar-refractivity contribution in [3.63, 3.8) is 0 Å². The van der Waals surface area contributed by atoms with Gasteiger partial charge in [-0.15, -0.1) is 0 Å². The second-order valence-electron chi connectivity index (χ2n) is 4.26. The Kier molecular flexibility index (Phi) is 3.35. The van der Waals surface area contributed by atoms with Crippen molar-refractivity contribution in [3.05, 3.63) is 29.2 Å². The van der Waals surface area contributed by atoms with E-state index in [1.807, 2.05) is 0 Å². The summed E-state index contributed by atoms with van der Waals surface area (Å²) in [5.41, 5.74) is 0.959. The molecule has 1 aromatic heterocycles. The number of ether oxygens (including phenoxy) is 1. The van der Waals surface area contributed by atoms with Crippen LogP contribution in [0.2, 0.25) is 0 Å². The number of carboxylic acid groups (broad SMARTS) is 1. The number of phenolic OH excluding ortho intramolecular Hbond substituents is 1. The van der Waals surface area contributed by atoms with E-state index in [1.165, 1.54) is 23.9 Å². The fourth-order valence-corrected chi connectivity index (χ4v) is 2.00. The molecule has 0 amide bonds. The Hall–Kier alpha value is -2.57. The summed E-state index contributed by atoms with van der Waals surface area (Å²) in [6, 6.07) is 2.49. The van der Waals surface area contributed by atoms with Gasteiger partial charge in [0.1, 0.15) is 0 Å². The maximum Gasteiger partial charge on any atom is 0.356 e. The molecule has 0 aliphatic rings. The maximum absolute atomic E-state index is 13.8. The maximum atomic E-state index is 13.8. The third-order valence-corrected chi connectivity index (χ3v) is 3.04. The average molecular weight is 280 g/mol. The van der Waals surface area contributed by atoms with Crippen molar-refractivity contribution in [3.8, 4) is 22.8 Å². The first-order valence-corrected chi connectivity index (χ1v) is 5.70.